The van der Waals surface area contributed by atoms with Crippen molar-refractivity contribution in [3.05, 3.63) is 24.3 Å². The Morgan fingerprint density at radius 2 is 1.30 bits per heavy atom. The molecule has 2 N–H and O–H groups in total. The van der Waals surface area contributed by atoms with Crippen molar-refractivity contribution < 1.29 is 19.7 Å². The van der Waals surface area contributed by atoms with E-state index < -0.39 is 6.10 Å². The molecule has 158 valence electrons. The summed E-state index contributed by atoms with van der Waals surface area (Å²) in [7, 11) is 0. The Labute approximate surface area is 166 Å². The summed E-state index contributed by atoms with van der Waals surface area (Å²) < 4.78 is 4.93. The maximum atomic E-state index is 11.5. The second kappa shape index (κ2) is 21.2. The lowest BCUT2D eigenvalue weighted by Crippen LogP contribution is -2.25. The largest absolute Gasteiger partial charge is 0.457 e. The van der Waals surface area contributed by atoms with Crippen molar-refractivity contribution in [1.29, 1.82) is 0 Å². The summed E-state index contributed by atoms with van der Waals surface area (Å²) in [5.41, 5.74) is 0. The quantitative estimate of drug-likeness (QED) is 0.176. The van der Waals surface area contributed by atoms with Gasteiger partial charge < -0.3 is 14.9 Å². The van der Waals surface area contributed by atoms with Crippen LogP contribution in [0.2, 0.25) is 0 Å². The number of aliphatic hydroxyl groups excluding tert-OH is 2. The van der Waals surface area contributed by atoms with Crippen LogP contribution in [0, 0.1) is 0 Å². The van der Waals surface area contributed by atoms with Crippen molar-refractivity contribution in [1.82, 2.24) is 0 Å². The van der Waals surface area contributed by atoms with Crippen LogP contribution in [0.25, 0.3) is 0 Å². The van der Waals surface area contributed by atoms with Gasteiger partial charge in [0.1, 0.15) is 6.10 Å². The van der Waals surface area contributed by atoms with Crippen LogP contribution < -0.4 is 0 Å². The van der Waals surface area contributed by atoms with Gasteiger partial charge in [0.25, 0.3) is 0 Å². The van der Waals surface area contributed by atoms with Crippen LogP contribution in [0.15, 0.2) is 24.3 Å². The minimum absolute atomic E-state index is 0.326. The van der Waals surface area contributed by atoms with Gasteiger partial charge in [-0.15, -0.1) is 0 Å². The smallest absolute Gasteiger partial charge is 0.306 e. The zero-order chi connectivity index (χ0) is 20.0. The highest BCUT2D eigenvalue weighted by atomic mass is 16.6. The van der Waals surface area contributed by atoms with Gasteiger partial charge in [0, 0.05) is 6.42 Å². The van der Waals surface area contributed by atoms with Crippen LogP contribution in [0.4, 0.5) is 0 Å². The molecular weight excluding hydrogens is 340 g/mol. The van der Waals surface area contributed by atoms with E-state index in [-0.39, 0.29) is 19.2 Å². The van der Waals surface area contributed by atoms with Crippen LogP contribution in [-0.4, -0.2) is 35.5 Å². The number of esters is 1. The number of carbonyl (C=O) groups excluding carboxylic acids is 1. The lowest BCUT2D eigenvalue weighted by molar-refractivity contribution is -0.153. The van der Waals surface area contributed by atoms with E-state index in [1.54, 1.807) is 0 Å². The van der Waals surface area contributed by atoms with Gasteiger partial charge in [-0.3, -0.25) is 4.79 Å². The minimum atomic E-state index is -0.770. The molecule has 0 amide bonds. The molecule has 0 fully saturated rings. The maximum Gasteiger partial charge on any atom is 0.306 e. The fourth-order valence-electron chi connectivity index (χ4n) is 2.81. The third kappa shape index (κ3) is 19.4. The molecule has 4 nitrogen and oxygen atoms in total. The molecule has 0 aromatic rings. The summed E-state index contributed by atoms with van der Waals surface area (Å²) in [6.45, 7) is 1.58. The highest BCUT2D eigenvalue weighted by Crippen LogP contribution is 2.11. The van der Waals surface area contributed by atoms with E-state index in [4.69, 9.17) is 14.9 Å². The van der Waals surface area contributed by atoms with Crippen LogP contribution >= 0.6 is 0 Å². The van der Waals surface area contributed by atoms with E-state index in [2.05, 4.69) is 31.2 Å². The summed E-state index contributed by atoms with van der Waals surface area (Å²) in [5, 5.41) is 17.7. The van der Waals surface area contributed by atoms with Crippen LogP contribution in [-0.2, 0) is 9.53 Å². The molecule has 0 bridgehead atoms. The predicted molar refractivity (Wildman–Crippen MR) is 113 cm³/mol. The molecule has 0 aromatic carbocycles. The molecular formula is C23H42O4. The molecule has 0 unspecified atom stereocenters. The average molecular weight is 383 g/mol. The molecule has 27 heavy (non-hydrogen) atoms. The van der Waals surface area contributed by atoms with Crippen LogP contribution in [0.3, 0.4) is 0 Å². The first-order chi connectivity index (χ1) is 13.2. The van der Waals surface area contributed by atoms with Crippen molar-refractivity contribution >= 4 is 5.97 Å². The van der Waals surface area contributed by atoms with Gasteiger partial charge in [-0.2, -0.15) is 0 Å². The Balaban J connectivity index is 3.31. The second-order valence-corrected chi connectivity index (χ2v) is 7.16. The molecule has 0 spiro atoms. The minimum Gasteiger partial charge on any atom is -0.457 e. The van der Waals surface area contributed by atoms with Gasteiger partial charge in [-0.1, -0.05) is 76.2 Å². The Morgan fingerprint density at radius 1 is 0.778 bits per heavy atom. The SMILES string of the molecule is CCCCCC=CCC=CCCCCCCCCCC(=O)OC(CO)CO. The van der Waals surface area contributed by atoms with Crippen molar-refractivity contribution in [3.8, 4) is 0 Å². The molecule has 0 saturated heterocycles. The van der Waals surface area contributed by atoms with Crippen molar-refractivity contribution in [2.24, 2.45) is 0 Å². The number of hydrogen-bond donors (Lipinski definition) is 2. The first-order valence-corrected chi connectivity index (χ1v) is 11.0. The third-order valence-electron chi connectivity index (χ3n) is 4.54. The fourth-order valence-corrected chi connectivity index (χ4v) is 2.81. The Morgan fingerprint density at radius 3 is 1.85 bits per heavy atom. The maximum absolute atomic E-state index is 11.5. The van der Waals surface area contributed by atoms with Gasteiger partial charge in [0.15, 0.2) is 0 Å². The van der Waals surface area contributed by atoms with E-state index in [1.165, 1.54) is 57.8 Å². The normalized spacial score (nSPS) is 11.9. The molecule has 0 aromatic heterocycles. The molecule has 0 saturated carbocycles. The zero-order valence-corrected chi connectivity index (χ0v) is 17.4. The predicted octanol–water partition coefficient (Wildman–Crippen LogP) is 5.48. The van der Waals surface area contributed by atoms with Crippen molar-refractivity contribution in [2.75, 3.05) is 13.2 Å². The fraction of sp³-hybridized carbons (Fsp3) is 0.783. The number of aliphatic hydroxyl groups is 2. The zero-order valence-electron chi connectivity index (χ0n) is 17.4. The van der Waals surface area contributed by atoms with Gasteiger partial charge in [0.2, 0.25) is 0 Å². The summed E-state index contributed by atoms with van der Waals surface area (Å²) in [5.74, 6) is -0.328. The first kappa shape index (κ1) is 25.9. The highest BCUT2D eigenvalue weighted by molar-refractivity contribution is 5.69. The van der Waals surface area contributed by atoms with Gasteiger partial charge >= 0.3 is 5.97 Å². The Bertz CT molecular complexity index is 373. The van der Waals surface area contributed by atoms with Crippen molar-refractivity contribution in [2.45, 2.75) is 103 Å². The molecule has 0 heterocycles. The van der Waals surface area contributed by atoms with Crippen molar-refractivity contribution in [3.63, 3.8) is 0 Å². The lowest BCUT2D eigenvalue weighted by Gasteiger charge is -2.12. The standard InChI is InChI=1S/C23H42O4/c1-2-3-4-5-6-7-8-9-10-11-12-13-14-15-16-17-18-19-23(26)27-22(20-24)21-25/h6-7,9-10,22,24-25H,2-5,8,11-21H2,1H3. The van der Waals surface area contributed by atoms with Crippen LogP contribution in [0.5, 0.6) is 0 Å². The lowest BCUT2D eigenvalue weighted by atomic mass is 10.1. The van der Waals surface area contributed by atoms with E-state index >= 15 is 0 Å². The van der Waals surface area contributed by atoms with Gasteiger partial charge in [0.05, 0.1) is 13.2 Å². The molecule has 0 aliphatic heterocycles. The second-order valence-electron chi connectivity index (χ2n) is 7.16. The number of allylic oxidation sites excluding steroid dienone is 4. The Hall–Kier alpha value is -1.13. The van der Waals surface area contributed by atoms with E-state index in [1.807, 2.05) is 0 Å². The molecule has 0 atom stereocenters. The van der Waals surface area contributed by atoms with E-state index in [0.717, 1.165) is 25.7 Å². The molecule has 0 radical (unpaired) electrons. The molecule has 0 aliphatic carbocycles. The molecule has 4 heteroatoms. The molecule has 0 rings (SSSR count). The van der Waals surface area contributed by atoms with Gasteiger partial charge in [-0.25, -0.2) is 0 Å². The summed E-state index contributed by atoms with van der Waals surface area (Å²) >= 11 is 0. The number of rotatable bonds is 19. The first-order valence-electron chi connectivity index (χ1n) is 11.0. The summed E-state index contributed by atoms with van der Waals surface area (Å²) in [6.07, 6.45) is 24.1. The summed E-state index contributed by atoms with van der Waals surface area (Å²) in [6, 6.07) is 0. The van der Waals surface area contributed by atoms with Crippen LogP contribution in [0.1, 0.15) is 96.8 Å². The van der Waals surface area contributed by atoms with Gasteiger partial charge in [-0.05, 0) is 38.5 Å². The topological polar surface area (TPSA) is 66.8 Å². The number of carbonyl (C=O) groups is 1. The molecule has 0 aliphatic rings. The number of unbranched alkanes of at least 4 members (excludes halogenated alkanes) is 10. The Kier molecular flexibility index (Phi) is 20.3. The number of hydrogen-bond acceptors (Lipinski definition) is 4. The monoisotopic (exact) mass is 382 g/mol. The number of ether oxygens (including phenoxy) is 1. The third-order valence-corrected chi connectivity index (χ3v) is 4.54. The highest BCUT2D eigenvalue weighted by Gasteiger charge is 2.11. The van der Waals surface area contributed by atoms with E-state index in [9.17, 15) is 4.79 Å². The van der Waals surface area contributed by atoms with E-state index in [0.29, 0.717) is 6.42 Å². The summed E-state index contributed by atoms with van der Waals surface area (Å²) in [4.78, 5) is 11.5. The average Bonchev–Trinajstić information content (AvgIpc) is 2.68.